The van der Waals surface area contributed by atoms with Crippen molar-refractivity contribution >= 4 is 11.7 Å². The van der Waals surface area contributed by atoms with Crippen molar-refractivity contribution < 1.29 is 23.4 Å². The van der Waals surface area contributed by atoms with Crippen LogP contribution in [0, 0.1) is 23.5 Å². The Hall–Kier alpha value is -2.63. The van der Waals surface area contributed by atoms with Crippen LogP contribution < -0.4 is 9.64 Å². The average Bonchev–Trinajstić information content (AvgIpc) is 3.50. The van der Waals surface area contributed by atoms with Crippen molar-refractivity contribution in [2.24, 2.45) is 11.8 Å². The minimum atomic E-state index is -0.885. The van der Waals surface area contributed by atoms with Gasteiger partial charge in [0.15, 0.2) is 11.6 Å². The number of anilines is 1. The van der Waals surface area contributed by atoms with Crippen LogP contribution in [0.3, 0.4) is 0 Å². The quantitative estimate of drug-likeness (QED) is 0.758. The molecule has 0 saturated heterocycles. The Morgan fingerprint density at radius 2 is 1.93 bits per heavy atom. The minimum absolute atomic E-state index is 0.0790. The fraction of sp³-hybridized carbons (Fsp3) is 0.458. The Kier molecular flexibility index (Phi) is 4.68. The van der Waals surface area contributed by atoms with Gasteiger partial charge in [-0.2, -0.15) is 0 Å². The highest BCUT2D eigenvalue weighted by Crippen LogP contribution is 2.48. The Morgan fingerprint density at radius 1 is 1.13 bits per heavy atom. The first-order chi connectivity index (χ1) is 14.4. The van der Waals surface area contributed by atoms with Gasteiger partial charge in [-0.1, -0.05) is 25.1 Å². The van der Waals surface area contributed by atoms with Crippen molar-refractivity contribution in [3.05, 3.63) is 58.7 Å². The summed E-state index contributed by atoms with van der Waals surface area (Å²) in [6.45, 7) is 3.21. The number of carboxylic acid groups (broad SMARTS) is 1. The zero-order chi connectivity index (χ0) is 21.0. The van der Waals surface area contributed by atoms with E-state index in [2.05, 4.69) is 13.0 Å². The molecule has 2 atom stereocenters. The van der Waals surface area contributed by atoms with Crippen molar-refractivity contribution in [2.45, 2.75) is 51.2 Å². The Labute approximate surface area is 174 Å². The molecule has 1 heterocycles. The van der Waals surface area contributed by atoms with Gasteiger partial charge in [-0.15, -0.1) is 0 Å². The number of aliphatic carboxylic acids is 1. The van der Waals surface area contributed by atoms with Gasteiger partial charge in [0.1, 0.15) is 5.75 Å². The first kappa shape index (κ1) is 19.3. The highest BCUT2D eigenvalue weighted by atomic mass is 19.2. The van der Waals surface area contributed by atoms with Gasteiger partial charge in [0.2, 0.25) is 0 Å². The summed E-state index contributed by atoms with van der Waals surface area (Å²) in [7, 11) is 0. The highest BCUT2D eigenvalue weighted by Gasteiger charge is 2.44. The van der Waals surface area contributed by atoms with E-state index < -0.39 is 17.6 Å². The Morgan fingerprint density at radius 3 is 2.63 bits per heavy atom. The van der Waals surface area contributed by atoms with E-state index >= 15 is 0 Å². The number of halogens is 2. The predicted octanol–water partition coefficient (Wildman–Crippen LogP) is 4.89. The standard InChI is InChI=1S/C24H25F2NO3/c1-13-6-17(7-13)30-18-9-21(25)23(26)22(10-18)27-5-4-14-8-15(2-3-16(14)12-27)19-11-20(19)24(28)29/h2-3,8-10,13,17,19-20H,4-7,11-12H2,1H3,(H,28,29)/t13-,17-,19-,20+/m1/s1. The lowest BCUT2D eigenvalue weighted by Crippen LogP contribution is -2.33. The smallest absolute Gasteiger partial charge is 0.307 e. The molecule has 2 aliphatic carbocycles. The number of ether oxygens (including phenoxy) is 1. The van der Waals surface area contributed by atoms with Crippen molar-refractivity contribution in [1.29, 1.82) is 0 Å². The molecule has 4 nitrogen and oxygen atoms in total. The molecular weight excluding hydrogens is 388 g/mol. The van der Waals surface area contributed by atoms with Crippen LogP contribution in [0.2, 0.25) is 0 Å². The van der Waals surface area contributed by atoms with Crippen LogP contribution in [-0.2, 0) is 17.8 Å². The van der Waals surface area contributed by atoms with Gasteiger partial charge in [0.05, 0.1) is 17.7 Å². The van der Waals surface area contributed by atoms with E-state index in [4.69, 9.17) is 9.84 Å². The second-order valence-corrected chi connectivity index (χ2v) is 9.04. The highest BCUT2D eigenvalue weighted by molar-refractivity contribution is 5.75. The number of carboxylic acids is 1. The van der Waals surface area contributed by atoms with Gasteiger partial charge in [-0.05, 0) is 54.2 Å². The van der Waals surface area contributed by atoms with E-state index in [1.807, 2.05) is 17.0 Å². The number of fused-ring (bicyclic) bond motifs is 1. The first-order valence-corrected chi connectivity index (χ1v) is 10.6. The monoisotopic (exact) mass is 413 g/mol. The molecule has 5 rings (SSSR count). The van der Waals surface area contributed by atoms with Crippen LogP contribution in [-0.4, -0.2) is 23.7 Å². The molecule has 30 heavy (non-hydrogen) atoms. The second kappa shape index (κ2) is 7.25. The molecule has 0 radical (unpaired) electrons. The van der Waals surface area contributed by atoms with E-state index in [0.29, 0.717) is 37.6 Å². The van der Waals surface area contributed by atoms with Crippen LogP contribution in [0.5, 0.6) is 5.75 Å². The van der Waals surface area contributed by atoms with Crippen LogP contribution in [0.15, 0.2) is 30.3 Å². The van der Waals surface area contributed by atoms with Crippen LogP contribution >= 0.6 is 0 Å². The van der Waals surface area contributed by atoms with Gasteiger partial charge in [-0.3, -0.25) is 4.79 Å². The molecule has 2 saturated carbocycles. The third-order valence-corrected chi connectivity index (χ3v) is 6.73. The lowest BCUT2D eigenvalue weighted by molar-refractivity contribution is -0.138. The number of hydrogen-bond acceptors (Lipinski definition) is 3. The number of carbonyl (C=O) groups is 1. The molecule has 2 fully saturated rings. The molecule has 1 aliphatic heterocycles. The zero-order valence-corrected chi connectivity index (χ0v) is 16.9. The molecule has 0 spiro atoms. The van der Waals surface area contributed by atoms with Crippen molar-refractivity contribution in [2.75, 3.05) is 11.4 Å². The Bertz CT molecular complexity index is 1000. The van der Waals surface area contributed by atoms with E-state index in [-0.39, 0.29) is 23.6 Å². The summed E-state index contributed by atoms with van der Waals surface area (Å²) < 4.78 is 34.7. The summed E-state index contributed by atoms with van der Waals surface area (Å²) in [6, 6.07) is 8.82. The number of nitrogens with zero attached hydrogens (tertiary/aromatic N) is 1. The number of benzene rings is 2. The lowest BCUT2D eigenvalue weighted by atomic mass is 9.84. The summed E-state index contributed by atoms with van der Waals surface area (Å²) >= 11 is 0. The summed E-state index contributed by atoms with van der Waals surface area (Å²) in [6.07, 6.45) is 3.36. The molecular formula is C24H25F2NO3. The average molecular weight is 413 g/mol. The molecule has 0 amide bonds. The fourth-order valence-corrected chi connectivity index (χ4v) is 4.81. The van der Waals surface area contributed by atoms with E-state index in [1.54, 1.807) is 6.07 Å². The number of rotatable bonds is 5. The summed E-state index contributed by atoms with van der Waals surface area (Å²) in [5.74, 6) is -1.64. The second-order valence-electron chi connectivity index (χ2n) is 9.04. The summed E-state index contributed by atoms with van der Waals surface area (Å²) in [5.41, 5.74) is 3.53. The maximum Gasteiger partial charge on any atom is 0.307 e. The molecule has 2 aromatic rings. The van der Waals surface area contributed by atoms with Crippen molar-refractivity contribution in [3.63, 3.8) is 0 Å². The minimum Gasteiger partial charge on any atom is -0.490 e. The topological polar surface area (TPSA) is 49.8 Å². The number of hydrogen-bond donors (Lipinski definition) is 1. The zero-order valence-electron chi connectivity index (χ0n) is 16.9. The molecule has 0 unspecified atom stereocenters. The first-order valence-electron chi connectivity index (χ1n) is 10.6. The van der Waals surface area contributed by atoms with Crippen LogP contribution in [0.25, 0.3) is 0 Å². The van der Waals surface area contributed by atoms with Crippen molar-refractivity contribution in [3.8, 4) is 5.75 Å². The van der Waals surface area contributed by atoms with Gasteiger partial charge in [0.25, 0.3) is 0 Å². The molecule has 1 N–H and O–H groups in total. The molecule has 6 heteroatoms. The Balaban J connectivity index is 1.34. The maximum absolute atomic E-state index is 14.6. The molecule has 0 aromatic heterocycles. The summed E-state index contributed by atoms with van der Waals surface area (Å²) in [4.78, 5) is 13.0. The fourth-order valence-electron chi connectivity index (χ4n) is 4.81. The normalized spacial score (nSPS) is 27.2. The van der Waals surface area contributed by atoms with E-state index in [1.165, 1.54) is 0 Å². The summed E-state index contributed by atoms with van der Waals surface area (Å²) in [5, 5.41) is 9.16. The maximum atomic E-state index is 14.6. The molecule has 0 bridgehead atoms. The molecule has 158 valence electrons. The largest absolute Gasteiger partial charge is 0.490 e. The SMILES string of the molecule is C[C@H]1C[C@H](Oc2cc(F)c(F)c(N3CCc4cc([C@H]5C[C@@H]5C(=O)O)ccc4C3)c2)C1. The predicted molar refractivity (Wildman–Crippen MR) is 109 cm³/mol. The third-order valence-electron chi connectivity index (χ3n) is 6.73. The van der Waals surface area contributed by atoms with E-state index in [9.17, 15) is 13.6 Å². The van der Waals surface area contributed by atoms with Gasteiger partial charge < -0.3 is 14.7 Å². The van der Waals surface area contributed by atoms with E-state index in [0.717, 1.165) is 35.6 Å². The van der Waals surface area contributed by atoms with Crippen LogP contribution in [0.4, 0.5) is 14.5 Å². The lowest BCUT2D eigenvalue weighted by Gasteiger charge is -2.34. The van der Waals surface area contributed by atoms with Crippen LogP contribution in [0.1, 0.15) is 48.8 Å². The molecule has 2 aromatic carbocycles. The van der Waals surface area contributed by atoms with Gasteiger partial charge in [-0.25, -0.2) is 8.78 Å². The van der Waals surface area contributed by atoms with Gasteiger partial charge >= 0.3 is 5.97 Å². The third kappa shape index (κ3) is 3.53. The van der Waals surface area contributed by atoms with Crippen molar-refractivity contribution in [1.82, 2.24) is 0 Å². The molecule has 3 aliphatic rings. The van der Waals surface area contributed by atoms with Gasteiger partial charge in [0, 0.05) is 25.2 Å².